The Bertz CT molecular complexity index is 569. The van der Waals surface area contributed by atoms with Gasteiger partial charge in [-0.25, -0.2) is 0 Å². The van der Waals surface area contributed by atoms with E-state index in [0.29, 0.717) is 12.1 Å². The maximum absolute atomic E-state index is 13.4. The molecular formula is C13H13FN2O3. The molecule has 0 fully saturated rings. The van der Waals surface area contributed by atoms with Crippen LogP contribution in [0.25, 0.3) is 0 Å². The third-order valence-electron chi connectivity index (χ3n) is 2.79. The second-order valence-corrected chi connectivity index (χ2v) is 4.16. The molecule has 0 aliphatic heterocycles. The third-order valence-corrected chi connectivity index (χ3v) is 2.79. The van der Waals surface area contributed by atoms with Crippen molar-refractivity contribution in [2.45, 2.75) is 19.5 Å². The molecule has 0 saturated carbocycles. The Hall–Kier alpha value is -2.21. The smallest absolute Gasteiger partial charge is 0.304 e. The average molecular weight is 264 g/mol. The number of hydrogen-bond donors (Lipinski definition) is 1. The number of rotatable bonds is 5. The van der Waals surface area contributed by atoms with Gasteiger partial charge < -0.3 is 9.73 Å². The monoisotopic (exact) mass is 264 g/mol. The molecule has 6 heteroatoms. The zero-order valence-corrected chi connectivity index (χ0v) is 10.3. The molecule has 2 aromatic rings. The van der Waals surface area contributed by atoms with Crippen LogP contribution >= 0.6 is 0 Å². The van der Waals surface area contributed by atoms with Crippen molar-refractivity contribution in [2.75, 3.05) is 0 Å². The van der Waals surface area contributed by atoms with Crippen LogP contribution in [0.4, 0.5) is 10.1 Å². The van der Waals surface area contributed by atoms with Crippen LogP contribution in [0.3, 0.4) is 0 Å². The van der Waals surface area contributed by atoms with Gasteiger partial charge in [-0.3, -0.25) is 10.1 Å². The lowest BCUT2D eigenvalue weighted by Gasteiger charge is -2.11. The second kappa shape index (κ2) is 5.62. The first kappa shape index (κ1) is 13.2. The van der Waals surface area contributed by atoms with Crippen molar-refractivity contribution in [2.24, 2.45) is 0 Å². The highest BCUT2D eigenvalue weighted by Gasteiger charge is 2.14. The molecule has 0 aliphatic carbocycles. The lowest BCUT2D eigenvalue weighted by molar-refractivity contribution is -0.387. The molecule has 19 heavy (non-hydrogen) atoms. The van der Waals surface area contributed by atoms with Crippen molar-refractivity contribution in [3.8, 4) is 0 Å². The van der Waals surface area contributed by atoms with E-state index < -0.39 is 16.4 Å². The summed E-state index contributed by atoms with van der Waals surface area (Å²) in [5, 5.41) is 13.6. The molecule has 2 rings (SSSR count). The molecule has 1 heterocycles. The summed E-state index contributed by atoms with van der Waals surface area (Å²) in [6.45, 7) is 2.32. The van der Waals surface area contributed by atoms with Gasteiger partial charge in [0.2, 0.25) is 5.82 Å². The number of nitro benzene ring substituents is 1. The highest BCUT2D eigenvalue weighted by molar-refractivity contribution is 5.35. The molecule has 1 atom stereocenters. The molecule has 1 aromatic heterocycles. The summed E-state index contributed by atoms with van der Waals surface area (Å²) in [7, 11) is 0. The number of hydrogen-bond acceptors (Lipinski definition) is 4. The van der Waals surface area contributed by atoms with Crippen LogP contribution in [0.5, 0.6) is 0 Å². The van der Waals surface area contributed by atoms with Crippen LogP contribution in [0.2, 0.25) is 0 Å². The minimum atomic E-state index is -0.824. The van der Waals surface area contributed by atoms with Gasteiger partial charge in [-0.15, -0.1) is 0 Å². The van der Waals surface area contributed by atoms with Gasteiger partial charge in [-0.05, 0) is 30.7 Å². The van der Waals surface area contributed by atoms with Crippen LogP contribution < -0.4 is 5.32 Å². The van der Waals surface area contributed by atoms with E-state index in [4.69, 9.17) is 4.42 Å². The number of furan rings is 1. The van der Waals surface area contributed by atoms with Gasteiger partial charge in [0, 0.05) is 12.6 Å². The van der Waals surface area contributed by atoms with E-state index in [0.717, 1.165) is 5.76 Å². The number of benzene rings is 1. The first-order valence-corrected chi connectivity index (χ1v) is 5.77. The van der Waals surface area contributed by atoms with E-state index in [-0.39, 0.29) is 6.04 Å². The zero-order valence-electron chi connectivity index (χ0n) is 10.3. The van der Waals surface area contributed by atoms with Gasteiger partial charge in [-0.1, -0.05) is 6.07 Å². The lowest BCUT2D eigenvalue weighted by Crippen LogP contribution is -2.17. The third kappa shape index (κ3) is 3.17. The van der Waals surface area contributed by atoms with E-state index in [1.165, 1.54) is 18.2 Å². The lowest BCUT2D eigenvalue weighted by atomic mass is 10.1. The van der Waals surface area contributed by atoms with Crippen LogP contribution in [0.15, 0.2) is 41.0 Å². The standard InChI is InChI=1S/C13H13FN2O3/c1-9(13-3-2-6-19-13)15-8-10-4-5-12(16(17)18)11(14)7-10/h2-7,9,15H,8H2,1H3/t9-/m1/s1. The van der Waals surface area contributed by atoms with E-state index in [1.807, 2.05) is 13.0 Å². The highest BCUT2D eigenvalue weighted by Crippen LogP contribution is 2.19. The summed E-state index contributed by atoms with van der Waals surface area (Å²) in [4.78, 5) is 9.75. The topological polar surface area (TPSA) is 68.3 Å². The predicted molar refractivity (Wildman–Crippen MR) is 67.0 cm³/mol. The van der Waals surface area contributed by atoms with E-state index in [1.54, 1.807) is 12.3 Å². The van der Waals surface area contributed by atoms with Crippen molar-refractivity contribution >= 4 is 5.69 Å². The Balaban J connectivity index is 2.00. The van der Waals surface area contributed by atoms with Crippen molar-refractivity contribution in [1.29, 1.82) is 0 Å². The molecular weight excluding hydrogens is 251 g/mol. The highest BCUT2D eigenvalue weighted by atomic mass is 19.1. The van der Waals surface area contributed by atoms with Crippen molar-refractivity contribution in [3.05, 3.63) is 63.9 Å². The first-order valence-electron chi connectivity index (χ1n) is 5.77. The zero-order chi connectivity index (χ0) is 13.8. The van der Waals surface area contributed by atoms with Gasteiger partial charge in [0.1, 0.15) is 5.76 Å². The molecule has 100 valence electrons. The fraction of sp³-hybridized carbons (Fsp3) is 0.231. The first-order chi connectivity index (χ1) is 9.08. The molecule has 0 aliphatic rings. The predicted octanol–water partition coefficient (Wildman–Crippen LogP) is 3.18. The van der Waals surface area contributed by atoms with Crippen molar-refractivity contribution in [1.82, 2.24) is 5.32 Å². The van der Waals surface area contributed by atoms with Crippen LogP contribution in [0, 0.1) is 15.9 Å². The van der Waals surface area contributed by atoms with E-state index in [9.17, 15) is 14.5 Å². The quantitative estimate of drug-likeness (QED) is 0.665. The normalized spacial score (nSPS) is 12.3. The molecule has 0 bridgehead atoms. The maximum atomic E-state index is 13.4. The molecule has 1 aromatic carbocycles. The van der Waals surface area contributed by atoms with Crippen molar-refractivity contribution < 1.29 is 13.7 Å². The summed E-state index contributed by atoms with van der Waals surface area (Å²) in [6.07, 6.45) is 1.58. The summed E-state index contributed by atoms with van der Waals surface area (Å²) in [5.41, 5.74) is 0.129. The minimum Gasteiger partial charge on any atom is -0.468 e. The number of halogens is 1. The Kier molecular flexibility index (Phi) is 3.91. The Morgan fingerprint density at radius 2 is 2.26 bits per heavy atom. The summed E-state index contributed by atoms with van der Waals surface area (Å²) >= 11 is 0. The molecule has 0 radical (unpaired) electrons. The van der Waals surface area contributed by atoms with Gasteiger partial charge in [0.15, 0.2) is 0 Å². The Morgan fingerprint density at radius 1 is 1.47 bits per heavy atom. The van der Waals surface area contributed by atoms with Crippen LogP contribution in [-0.2, 0) is 6.54 Å². The van der Waals surface area contributed by atoms with Gasteiger partial charge in [-0.2, -0.15) is 4.39 Å². The van der Waals surface area contributed by atoms with E-state index >= 15 is 0 Å². The van der Waals surface area contributed by atoms with Gasteiger partial charge in [0.05, 0.1) is 17.2 Å². The number of nitro groups is 1. The fourth-order valence-electron chi connectivity index (χ4n) is 1.72. The molecule has 0 amide bonds. The summed E-state index contributed by atoms with van der Waals surface area (Å²) < 4.78 is 18.6. The molecule has 5 nitrogen and oxygen atoms in total. The van der Waals surface area contributed by atoms with Crippen LogP contribution in [0.1, 0.15) is 24.3 Å². The van der Waals surface area contributed by atoms with Gasteiger partial charge >= 0.3 is 5.69 Å². The average Bonchev–Trinajstić information content (AvgIpc) is 2.89. The maximum Gasteiger partial charge on any atom is 0.304 e. The van der Waals surface area contributed by atoms with Gasteiger partial charge in [0.25, 0.3) is 0 Å². The second-order valence-electron chi connectivity index (χ2n) is 4.16. The number of nitrogens with zero attached hydrogens (tertiary/aromatic N) is 1. The molecule has 0 saturated heterocycles. The summed E-state index contributed by atoms with van der Waals surface area (Å²) in [6, 6.07) is 7.48. The summed E-state index contributed by atoms with van der Waals surface area (Å²) in [5.74, 6) is -0.0441. The largest absolute Gasteiger partial charge is 0.468 e. The minimum absolute atomic E-state index is 0.0201. The SMILES string of the molecule is C[C@@H](NCc1ccc([N+](=O)[O-])c(F)c1)c1ccco1. The van der Waals surface area contributed by atoms with Crippen molar-refractivity contribution in [3.63, 3.8) is 0 Å². The Labute approximate surface area is 109 Å². The van der Waals surface area contributed by atoms with Crippen LogP contribution in [-0.4, -0.2) is 4.92 Å². The fourth-order valence-corrected chi connectivity index (χ4v) is 1.72. The van der Waals surface area contributed by atoms with E-state index in [2.05, 4.69) is 5.32 Å². The molecule has 0 unspecified atom stereocenters. The molecule has 0 spiro atoms. The molecule has 1 N–H and O–H groups in total. The number of nitrogens with one attached hydrogen (secondary N) is 1. The Morgan fingerprint density at radius 3 is 2.84 bits per heavy atom.